The molecule has 0 saturated carbocycles. The third-order valence-corrected chi connectivity index (χ3v) is 4.80. The Morgan fingerprint density at radius 3 is 2.63 bits per heavy atom. The van der Waals surface area contributed by atoms with Crippen LogP contribution >= 0.6 is 0 Å². The van der Waals surface area contributed by atoms with Crippen molar-refractivity contribution < 1.29 is 13.9 Å². The van der Waals surface area contributed by atoms with E-state index < -0.39 is 0 Å². The lowest BCUT2D eigenvalue weighted by Gasteiger charge is -2.22. The summed E-state index contributed by atoms with van der Waals surface area (Å²) >= 11 is 0. The molecular weight excluding hydrogens is 378 g/mol. The first-order valence-electron chi connectivity index (χ1n) is 9.58. The second kappa shape index (κ2) is 9.05. The Bertz CT molecular complexity index is 1140. The topological polar surface area (TPSA) is 79.4 Å². The fourth-order valence-corrected chi connectivity index (χ4v) is 3.31. The SMILES string of the molecule is N=Cc1ccc(OCC(=O)N(Cc2cccnc2)Cc2ccco2)c2ccccc12. The van der Waals surface area contributed by atoms with Gasteiger partial charge in [-0.2, -0.15) is 0 Å². The number of nitrogens with one attached hydrogen (secondary N) is 1. The number of rotatable bonds is 8. The minimum absolute atomic E-state index is 0.102. The Labute approximate surface area is 174 Å². The van der Waals surface area contributed by atoms with Crippen LogP contribution in [0.5, 0.6) is 5.75 Å². The highest BCUT2D eigenvalue weighted by atomic mass is 16.5. The molecule has 30 heavy (non-hydrogen) atoms. The highest BCUT2D eigenvalue weighted by Crippen LogP contribution is 2.28. The maximum absolute atomic E-state index is 13.0. The maximum atomic E-state index is 13.0. The lowest BCUT2D eigenvalue weighted by molar-refractivity contribution is -0.134. The van der Waals surface area contributed by atoms with E-state index in [-0.39, 0.29) is 12.5 Å². The summed E-state index contributed by atoms with van der Waals surface area (Å²) in [6.45, 7) is 0.650. The highest BCUT2D eigenvalue weighted by Gasteiger charge is 2.17. The van der Waals surface area contributed by atoms with E-state index in [4.69, 9.17) is 14.6 Å². The average Bonchev–Trinajstić information content (AvgIpc) is 3.30. The second-order valence-corrected chi connectivity index (χ2v) is 6.82. The van der Waals surface area contributed by atoms with Gasteiger partial charge in [-0.3, -0.25) is 9.78 Å². The Kier molecular flexibility index (Phi) is 5.85. The van der Waals surface area contributed by atoms with Crippen LogP contribution in [0.3, 0.4) is 0 Å². The van der Waals surface area contributed by atoms with Crippen LogP contribution in [0.4, 0.5) is 0 Å². The van der Waals surface area contributed by atoms with Crippen LogP contribution in [-0.2, 0) is 17.9 Å². The molecule has 0 aliphatic heterocycles. The monoisotopic (exact) mass is 399 g/mol. The quantitative estimate of drug-likeness (QED) is 0.445. The lowest BCUT2D eigenvalue weighted by atomic mass is 10.0. The Balaban J connectivity index is 1.52. The van der Waals surface area contributed by atoms with E-state index in [0.717, 1.165) is 21.9 Å². The van der Waals surface area contributed by atoms with Crippen LogP contribution in [0.1, 0.15) is 16.9 Å². The molecule has 4 aromatic rings. The molecule has 1 amide bonds. The summed E-state index contributed by atoms with van der Waals surface area (Å²) in [4.78, 5) is 18.8. The highest BCUT2D eigenvalue weighted by molar-refractivity contribution is 6.01. The van der Waals surface area contributed by atoms with Gasteiger partial charge in [-0.05, 0) is 41.3 Å². The first-order valence-corrected chi connectivity index (χ1v) is 9.58. The van der Waals surface area contributed by atoms with Gasteiger partial charge in [0.05, 0.1) is 12.8 Å². The minimum atomic E-state index is -0.157. The molecule has 0 fully saturated rings. The summed E-state index contributed by atoms with van der Waals surface area (Å²) in [5.41, 5.74) is 1.73. The van der Waals surface area contributed by atoms with Gasteiger partial charge in [0.25, 0.3) is 5.91 Å². The number of aromatic nitrogens is 1. The molecule has 0 unspecified atom stereocenters. The van der Waals surface area contributed by atoms with E-state index in [9.17, 15) is 4.79 Å². The molecule has 0 aliphatic rings. The van der Waals surface area contributed by atoms with Crippen molar-refractivity contribution in [3.05, 3.63) is 96.2 Å². The van der Waals surface area contributed by atoms with Crippen LogP contribution < -0.4 is 4.74 Å². The van der Waals surface area contributed by atoms with Gasteiger partial charge in [0.15, 0.2) is 6.61 Å². The zero-order valence-electron chi connectivity index (χ0n) is 16.3. The molecule has 2 aromatic carbocycles. The van der Waals surface area contributed by atoms with Crippen LogP contribution in [0, 0.1) is 5.41 Å². The number of nitrogens with zero attached hydrogens (tertiary/aromatic N) is 2. The van der Waals surface area contributed by atoms with Crippen molar-refractivity contribution in [2.45, 2.75) is 13.1 Å². The Morgan fingerprint density at radius 1 is 1.03 bits per heavy atom. The van der Waals surface area contributed by atoms with Crippen LogP contribution in [0.15, 0.2) is 83.7 Å². The minimum Gasteiger partial charge on any atom is -0.483 e. The summed E-state index contributed by atoms with van der Waals surface area (Å²) in [6, 6.07) is 18.7. The summed E-state index contributed by atoms with van der Waals surface area (Å²) in [7, 11) is 0. The Hall–Kier alpha value is -3.93. The molecule has 0 aliphatic carbocycles. The van der Waals surface area contributed by atoms with Gasteiger partial charge in [-0.1, -0.05) is 30.3 Å². The van der Waals surface area contributed by atoms with Crippen molar-refractivity contribution in [3.8, 4) is 5.75 Å². The molecule has 0 spiro atoms. The third kappa shape index (κ3) is 4.38. The predicted octanol–water partition coefficient (Wildman–Crippen LogP) is 4.43. The molecule has 2 aromatic heterocycles. The molecular formula is C24H21N3O3. The van der Waals surface area contributed by atoms with Crippen molar-refractivity contribution in [2.75, 3.05) is 6.61 Å². The van der Waals surface area contributed by atoms with E-state index in [1.807, 2.05) is 48.5 Å². The zero-order valence-corrected chi connectivity index (χ0v) is 16.3. The number of hydrogen-bond acceptors (Lipinski definition) is 5. The standard InChI is InChI=1S/C24H21N3O3/c25-13-19-9-10-23(22-8-2-1-7-21(19)22)30-17-24(28)27(16-20-6-4-12-29-20)15-18-5-3-11-26-14-18/h1-14,25H,15-17H2. The normalized spacial score (nSPS) is 10.7. The van der Waals surface area contributed by atoms with Gasteiger partial charge < -0.3 is 19.5 Å². The fraction of sp³-hybridized carbons (Fsp3) is 0.125. The number of furan rings is 1. The molecule has 0 radical (unpaired) electrons. The molecule has 6 nitrogen and oxygen atoms in total. The van der Waals surface area contributed by atoms with Crippen molar-refractivity contribution in [1.82, 2.24) is 9.88 Å². The molecule has 6 heteroatoms. The Morgan fingerprint density at radius 2 is 1.90 bits per heavy atom. The van der Waals surface area contributed by atoms with Gasteiger partial charge in [-0.15, -0.1) is 0 Å². The van der Waals surface area contributed by atoms with Gasteiger partial charge in [0.1, 0.15) is 11.5 Å². The molecule has 0 bridgehead atoms. The number of ether oxygens (including phenoxy) is 1. The van der Waals surface area contributed by atoms with Gasteiger partial charge in [0.2, 0.25) is 0 Å². The van der Waals surface area contributed by atoms with E-state index >= 15 is 0 Å². The van der Waals surface area contributed by atoms with Gasteiger partial charge in [0, 0.05) is 36.1 Å². The number of benzene rings is 2. The first kappa shape index (κ1) is 19.4. The molecule has 0 atom stereocenters. The zero-order chi connectivity index (χ0) is 20.8. The number of carbonyl (C=O) groups is 1. The predicted molar refractivity (Wildman–Crippen MR) is 115 cm³/mol. The summed E-state index contributed by atoms with van der Waals surface area (Å²) in [5.74, 6) is 1.16. The number of pyridine rings is 1. The molecule has 4 rings (SSSR count). The number of amides is 1. The number of carbonyl (C=O) groups excluding carboxylic acids is 1. The van der Waals surface area contributed by atoms with Gasteiger partial charge >= 0.3 is 0 Å². The van der Waals surface area contributed by atoms with Crippen LogP contribution in [0.25, 0.3) is 10.8 Å². The van der Waals surface area contributed by atoms with E-state index in [2.05, 4.69) is 4.98 Å². The van der Waals surface area contributed by atoms with Crippen LogP contribution in [0.2, 0.25) is 0 Å². The molecule has 2 heterocycles. The number of fused-ring (bicyclic) bond motifs is 1. The average molecular weight is 399 g/mol. The van der Waals surface area contributed by atoms with E-state index in [0.29, 0.717) is 24.6 Å². The maximum Gasteiger partial charge on any atom is 0.261 e. The second-order valence-electron chi connectivity index (χ2n) is 6.82. The summed E-state index contributed by atoms with van der Waals surface area (Å²) in [6.07, 6.45) is 6.35. The lowest BCUT2D eigenvalue weighted by Crippen LogP contribution is -2.34. The number of hydrogen-bond donors (Lipinski definition) is 1. The van der Waals surface area contributed by atoms with E-state index in [1.54, 1.807) is 35.7 Å². The van der Waals surface area contributed by atoms with Crippen molar-refractivity contribution in [2.24, 2.45) is 0 Å². The van der Waals surface area contributed by atoms with Crippen molar-refractivity contribution in [3.63, 3.8) is 0 Å². The first-order chi connectivity index (χ1) is 14.7. The molecule has 1 N–H and O–H groups in total. The summed E-state index contributed by atoms with van der Waals surface area (Å²) < 4.78 is 11.3. The van der Waals surface area contributed by atoms with Crippen molar-refractivity contribution in [1.29, 1.82) is 5.41 Å². The van der Waals surface area contributed by atoms with Gasteiger partial charge in [-0.25, -0.2) is 0 Å². The van der Waals surface area contributed by atoms with Crippen molar-refractivity contribution >= 4 is 22.9 Å². The largest absolute Gasteiger partial charge is 0.483 e. The fourth-order valence-electron chi connectivity index (χ4n) is 3.31. The molecule has 150 valence electrons. The molecule has 0 saturated heterocycles. The van der Waals surface area contributed by atoms with Crippen LogP contribution in [-0.4, -0.2) is 28.6 Å². The smallest absolute Gasteiger partial charge is 0.261 e. The third-order valence-electron chi connectivity index (χ3n) is 4.80. The summed E-state index contributed by atoms with van der Waals surface area (Å²) in [5, 5.41) is 9.37. The van der Waals surface area contributed by atoms with E-state index in [1.165, 1.54) is 6.21 Å².